The average Bonchev–Trinajstić information content (AvgIpc) is 3.14. The summed E-state index contributed by atoms with van der Waals surface area (Å²) in [4.78, 5) is 8.84. The predicted octanol–water partition coefficient (Wildman–Crippen LogP) is 6.41. The quantitative estimate of drug-likeness (QED) is 0.383. The van der Waals surface area contributed by atoms with Crippen LogP contribution < -0.4 is 20.1 Å². The number of anilines is 2. The second kappa shape index (κ2) is 10.5. The molecule has 0 saturated carbocycles. The van der Waals surface area contributed by atoms with E-state index in [9.17, 15) is 0 Å². The van der Waals surface area contributed by atoms with E-state index >= 15 is 0 Å². The molecular formula is C24H27Cl3N4O2. The third-order valence-electron chi connectivity index (χ3n) is 6.46. The van der Waals surface area contributed by atoms with E-state index in [2.05, 4.69) is 20.6 Å². The third kappa shape index (κ3) is 5.40. The molecular weight excluding hydrogens is 483 g/mol. The fraction of sp³-hybridized carbons (Fsp3) is 0.417. The molecule has 176 valence electrons. The van der Waals surface area contributed by atoms with Gasteiger partial charge in [-0.25, -0.2) is 9.97 Å². The van der Waals surface area contributed by atoms with Gasteiger partial charge in [0.2, 0.25) is 0 Å². The summed E-state index contributed by atoms with van der Waals surface area (Å²) in [7, 11) is 1.65. The van der Waals surface area contributed by atoms with Crippen LogP contribution in [0.1, 0.15) is 32.1 Å². The number of halogens is 3. The molecule has 0 radical (unpaired) electrons. The number of ether oxygens (including phenoxy) is 2. The second-order valence-electron chi connectivity index (χ2n) is 8.61. The predicted molar refractivity (Wildman–Crippen MR) is 136 cm³/mol. The van der Waals surface area contributed by atoms with Gasteiger partial charge in [0.1, 0.15) is 12.1 Å². The Labute approximate surface area is 209 Å². The lowest BCUT2D eigenvalue weighted by molar-refractivity contribution is 0.222. The number of fused-ring (bicyclic) bond motifs is 3. The molecule has 2 saturated heterocycles. The number of hydrogen-bond donors (Lipinski definition) is 2. The number of piperidine rings is 1. The lowest BCUT2D eigenvalue weighted by Gasteiger charge is -2.29. The summed E-state index contributed by atoms with van der Waals surface area (Å²) in [5.74, 6) is 2.75. The zero-order valence-corrected chi connectivity index (χ0v) is 20.6. The van der Waals surface area contributed by atoms with E-state index in [0.717, 1.165) is 28.9 Å². The van der Waals surface area contributed by atoms with Crippen molar-refractivity contribution in [3.63, 3.8) is 0 Å². The molecule has 2 aliphatic rings. The van der Waals surface area contributed by atoms with E-state index in [0.29, 0.717) is 46.1 Å². The van der Waals surface area contributed by atoms with Crippen molar-refractivity contribution in [3.8, 4) is 11.5 Å². The highest BCUT2D eigenvalue weighted by Gasteiger charge is 2.33. The molecule has 1 aromatic heterocycles. The molecule has 9 heteroatoms. The summed E-state index contributed by atoms with van der Waals surface area (Å²) < 4.78 is 11.8. The first-order valence-corrected chi connectivity index (χ1v) is 11.8. The Morgan fingerprint density at radius 2 is 1.82 bits per heavy atom. The zero-order chi connectivity index (χ0) is 22.1. The van der Waals surface area contributed by atoms with Gasteiger partial charge in [0.15, 0.2) is 11.5 Å². The monoisotopic (exact) mass is 508 g/mol. The first kappa shape index (κ1) is 24.1. The molecule has 0 aliphatic carbocycles. The summed E-state index contributed by atoms with van der Waals surface area (Å²) in [5, 5.41) is 8.80. The number of rotatable bonds is 7. The molecule has 3 heterocycles. The van der Waals surface area contributed by atoms with Crippen LogP contribution in [0.4, 0.5) is 11.5 Å². The first-order valence-electron chi connectivity index (χ1n) is 11.0. The molecule has 5 rings (SSSR count). The van der Waals surface area contributed by atoms with E-state index in [-0.39, 0.29) is 12.4 Å². The zero-order valence-electron chi connectivity index (χ0n) is 18.3. The van der Waals surface area contributed by atoms with Crippen molar-refractivity contribution < 1.29 is 9.47 Å². The molecule has 33 heavy (non-hydrogen) atoms. The van der Waals surface area contributed by atoms with Gasteiger partial charge in [-0.05, 0) is 62.3 Å². The number of benzene rings is 2. The van der Waals surface area contributed by atoms with Gasteiger partial charge in [0, 0.05) is 29.2 Å². The Morgan fingerprint density at radius 1 is 1.03 bits per heavy atom. The van der Waals surface area contributed by atoms with Gasteiger partial charge in [-0.3, -0.25) is 0 Å². The van der Waals surface area contributed by atoms with E-state index < -0.39 is 0 Å². The summed E-state index contributed by atoms with van der Waals surface area (Å²) >= 11 is 12.2. The van der Waals surface area contributed by atoms with Crippen molar-refractivity contribution in [1.29, 1.82) is 0 Å². The van der Waals surface area contributed by atoms with Gasteiger partial charge in [-0.1, -0.05) is 23.2 Å². The van der Waals surface area contributed by atoms with Gasteiger partial charge in [-0.15, -0.1) is 12.4 Å². The van der Waals surface area contributed by atoms with E-state index in [1.807, 2.05) is 18.2 Å². The summed E-state index contributed by atoms with van der Waals surface area (Å²) in [6.07, 6.45) is 7.74. The maximum Gasteiger partial charge on any atom is 0.163 e. The van der Waals surface area contributed by atoms with Crippen LogP contribution in [-0.4, -0.2) is 35.8 Å². The van der Waals surface area contributed by atoms with Gasteiger partial charge >= 0.3 is 0 Å². The number of aromatic nitrogens is 2. The molecule has 2 aliphatic heterocycles. The van der Waals surface area contributed by atoms with E-state index in [1.54, 1.807) is 19.2 Å². The fourth-order valence-corrected chi connectivity index (χ4v) is 5.19. The van der Waals surface area contributed by atoms with Crippen LogP contribution in [0.3, 0.4) is 0 Å². The van der Waals surface area contributed by atoms with Crippen molar-refractivity contribution in [2.24, 2.45) is 5.92 Å². The number of methoxy groups -OCH3 is 1. The highest BCUT2D eigenvalue weighted by Crippen LogP contribution is 2.37. The molecule has 2 fully saturated rings. The van der Waals surface area contributed by atoms with Crippen molar-refractivity contribution in [2.75, 3.05) is 19.0 Å². The Hall–Kier alpha value is -1.99. The van der Waals surface area contributed by atoms with Crippen LogP contribution in [-0.2, 0) is 0 Å². The molecule has 0 spiro atoms. The molecule has 0 amide bonds. The van der Waals surface area contributed by atoms with Gasteiger partial charge in [0.25, 0.3) is 0 Å². The molecule has 2 unspecified atom stereocenters. The largest absolute Gasteiger partial charge is 0.493 e. The molecule has 6 nitrogen and oxygen atoms in total. The van der Waals surface area contributed by atoms with E-state index in [4.69, 9.17) is 32.7 Å². The molecule has 2 atom stereocenters. The maximum atomic E-state index is 6.16. The van der Waals surface area contributed by atoms with Crippen LogP contribution >= 0.6 is 35.6 Å². The minimum atomic E-state index is 0. The van der Waals surface area contributed by atoms with Crippen molar-refractivity contribution in [3.05, 3.63) is 46.7 Å². The highest BCUT2D eigenvalue weighted by atomic mass is 35.5. The fourth-order valence-electron chi connectivity index (χ4n) is 4.89. The van der Waals surface area contributed by atoms with Gasteiger partial charge in [0.05, 0.1) is 29.3 Å². The number of nitrogens with one attached hydrogen (secondary N) is 2. The van der Waals surface area contributed by atoms with Gasteiger partial charge in [-0.2, -0.15) is 0 Å². The van der Waals surface area contributed by atoms with Crippen LogP contribution in [0.2, 0.25) is 10.0 Å². The molecule has 3 aromatic rings. The number of hydrogen-bond acceptors (Lipinski definition) is 6. The Bertz CT molecular complexity index is 1120. The second-order valence-corrected chi connectivity index (χ2v) is 9.42. The lowest BCUT2D eigenvalue weighted by Crippen LogP contribution is -2.38. The topological polar surface area (TPSA) is 68.3 Å². The van der Waals surface area contributed by atoms with Crippen LogP contribution in [0, 0.1) is 5.92 Å². The van der Waals surface area contributed by atoms with Crippen LogP contribution in [0.25, 0.3) is 10.9 Å². The SMILES string of the molecule is COc1cc2c(Nc3ccc(Cl)c(Cl)c3)ncnc2cc1OCCC1CC2CCC(C1)N2.Cl. The summed E-state index contributed by atoms with van der Waals surface area (Å²) in [6.45, 7) is 0.672. The van der Waals surface area contributed by atoms with Gasteiger partial charge < -0.3 is 20.1 Å². The van der Waals surface area contributed by atoms with E-state index in [1.165, 1.54) is 32.0 Å². The Morgan fingerprint density at radius 3 is 2.55 bits per heavy atom. The number of nitrogens with zero attached hydrogens (tertiary/aromatic N) is 2. The molecule has 2 N–H and O–H groups in total. The van der Waals surface area contributed by atoms with Crippen molar-refractivity contribution in [1.82, 2.24) is 15.3 Å². The smallest absolute Gasteiger partial charge is 0.163 e. The summed E-state index contributed by atoms with van der Waals surface area (Å²) in [5.41, 5.74) is 1.56. The van der Waals surface area contributed by atoms with Crippen molar-refractivity contribution >= 4 is 58.0 Å². The minimum Gasteiger partial charge on any atom is -0.493 e. The van der Waals surface area contributed by atoms with Crippen LogP contribution in [0.15, 0.2) is 36.7 Å². The minimum absolute atomic E-state index is 0. The summed E-state index contributed by atoms with van der Waals surface area (Å²) in [6, 6.07) is 10.6. The first-order chi connectivity index (χ1) is 15.6. The standard InChI is InChI=1S/C24H26Cl2N4O2.ClH/c1-31-22-11-18-21(27-13-28-24(18)30-17-4-5-19(25)20(26)10-17)12-23(22)32-7-6-14-8-15-2-3-16(9-14)29-15;/h4-5,10-16,29H,2-3,6-9H2,1H3,(H,27,28,30);1H. The molecule has 2 aromatic carbocycles. The Kier molecular flexibility index (Phi) is 7.69. The third-order valence-corrected chi connectivity index (χ3v) is 7.20. The lowest BCUT2D eigenvalue weighted by atomic mass is 9.90. The highest BCUT2D eigenvalue weighted by molar-refractivity contribution is 6.42. The van der Waals surface area contributed by atoms with Crippen molar-refractivity contribution in [2.45, 2.75) is 44.2 Å². The maximum absolute atomic E-state index is 6.16. The normalized spacial score (nSPS) is 21.5. The molecule has 2 bridgehead atoms. The average molecular weight is 510 g/mol. The van der Waals surface area contributed by atoms with Crippen LogP contribution in [0.5, 0.6) is 11.5 Å². The Balaban J connectivity index is 0.00000259.